The topological polar surface area (TPSA) is 80.0 Å². The molecule has 1 aromatic carbocycles. The molecule has 9 heteroatoms. The Morgan fingerprint density at radius 2 is 1.69 bits per heavy atom. The monoisotopic (exact) mass is 441 g/mol. The first-order valence-electron chi connectivity index (χ1n) is 11.1. The van der Waals surface area contributed by atoms with E-state index in [0.717, 1.165) is 48.5 Å². The van der Waals surface area contributed by atoms with Crippen LogP contribution in [0.25, 0.3) is 0 Å². The number of para-hydroxylation sites is 2. The molecule has 0 N–H and O–H groups in total. The van der Waals surface area contributed by atoms with Gasteiger partial charge in [-0.3, -0.25) is 18.7 Å². The predicted molar refractivity (Wildman–Crippen MR) is 124 cm³/mol. The van der Waals surface area contributed by atoms with Crippen LogP contribution < -0.4 is 25.8 Å². The van der Waals surface area contributed by atoms with Gasteiger partial charge in [0, 0.05) is 59.4 Å². The number of rotatable bonds is 4. The first-order chi connectivity index (χ1) is 15.4. The van der Waals surface area contributed by atoms with E-state index < -0.39 is 0 Å². The van der Waals surface area contributed by atoms with E-state index in [4.69, 9.17) is 4.74 Å². The number of amides is 1. The summed E-state index contributed by atoms with van der Waals surface area (Å²) in [6.07, 6.45) is 1.67. The van der Waals surface area contributed by atoms with Gasteiger partial charge in [-0.05, 0) is 25.0 Å². The zero-order chi connectivity index (χ0) is 22.8. The Hall–Kier alpha value is -3.23. The lowest BCUT2D eigenvalue weighted by molar-refractivity contribution is -0.136. The minimum absolute atomic E-state index is 0.138. The Bertz CT molecular complexity index is 1100. The van der Waals surface area contributed by atoms with Crippen molar-refractivity contribution in [1.29, 1.82) is 0 Å². The molecule has 2 fully saturated rings. The summed E-state index contributed by atoms with van der Waals surface area (Å²) in [6, 6.07) is 9.43. The minimum atomic E-state index is -0.353. The average molecular weight is 442 g/mol. The van der Waals surface area contributed by atoms with Crippen molar-refractivity contribution < 1.29 is 9.53 Å². The Labute approximate surface area is 187 Å². The molecule has 1 amide bonds. The number of piperazine rings is 1. The van der Waals surface area contributed by atoms with Crippen LogP contribution in [0.3, 0.4) is 0 Å². The smallest absolute Gasteiger partial charge is 0.332 e. The lowest BCUT2D eigenvalue weighted by Gasteiger charge is -2.40. The quantitative estimate of drug-likeness (QED) is 0.694. The molecular formula is C23H31N5O4. The van der Waals surface area contributed by atoms with Gasteiger partial charge in [0.15, 0.2) is 0 Å². The van der Waals surface area contributed by atoms with Gasteiger partial charge >= 0.3 is 5.69 Å². The first kappa shape index (κ1) is 22.0. The van der Waals surface area contributed by atoms with Crippen LogP contribution in [-0.2, 0) is 18.9 Å². The van der Waals surface area contributed by atoms with E-state index in [1.54, 1.807) is 14.2 Å². The number of aromatic nitrogens is 2. The molecule has 0 saturated carbocycles. The number of hydrogen-bond acceptors (Lipinski definition) is 6. The molecule has 2 aliphatic rings. The third kappa shape index (κ3) is 4.11. The van der Waals surface area contributed by atoms with Crippen molar-refractivity contribution in [3.8, 4) is 5.75 Å². The van der Waals surface area contributed by atoms with Crippen LogP contribution in [0, 0.1) is 5.92 Å². The van der Waals surface area contributed by atoms with Gasteiger partial charge in [0.1, 0.15) is 11.6 Å². The van der Waals surface area contributed by atoms with E-state index >= 15 is 0 Å². The van der Waals surface area contributed by atoms with Gasteiger partial charge in [0.25, 0.3) is 5.56 Å². The van der Waals surface area contributed by atoms with Crippen molar-refractivity contribution in [3.05, 3.63) is 51.2 Å². The predicted octanol–water partition coefficient (Wildman–Crippen LogP) is 0.658. The van der Waals surface area contributed by atoms with Crippen LogP contribution in [0.5, 0.6) is 5.75 Å². The standard InChI is InChI=1S/C23H31N5O4/c1-24-20(15-21(29)25(2)23(24)31)28-10-6-7-17(16-28)22(30)27-13-11-26(12-14-27)18-8-4-5-9-19(18)32-3/h4-5,8-9,15,17H,6-7,10-14,16H2,1-3H3/t17-/m1/s1. The van der Waals surface area contributed by atoms with Crippen molar-refractivity contribution in [2.75, 3.05) is 56.2 Å². The molecule has 32 heavy (non-hydrogen) atoms. The Morgan fingerprint density at radius 1 is 0.969 bits per heavy atom. The van der Waals surface area contributed by atoms with Crippen molar-refractivity contribution >= 4 is 17.4 Å². The minimum Gasteiger partial charge on any atom is -0.495 e. The molecule has 0 radical (unpaired) electrons. The summed E-state index contributed by atoms with van der Waals surface area (Å²) < 4.78 is 8.06. The zero-order valence-electron chi connectivity index (χ0n) is 19.0. The maximum Gasteiger partial charge on any atom is 0.332 e. The van der Waals surface area contributed by atoms with Gasteiger partial charge in [0.2, 0.25) is 5.91 Å². The van der Waals surface area contributed by atoms with E-state index in [1.807, 2.05) is 34.1 Å². The summed E-state index contributed by atoms with van der Waals surface area (Å²) in [6.45, 7) is 4.09. The van der Waals surface area contributed by atoms with E-state index in [1.165, 1.54) is 17.7 Å². The number of methoxy groups -OCH3 is 1. The highest BCUT2D eigenvalue weighted by Crippen LogP contribution is 2.29. The molecule has 2 aliphatic heterocycles. The molecule has 1 aromatic heterocycles. The highest BCUT2D eigenvalue weighted by atomic mass is 16.5. The van der Waals surface area contributed by atoms with Crippen LogP contribution >= 0.6 is 0 Å². The number of hydrogen-bond donors (Lipinski definition) is 0. The number of ether oxygens (including phenoxy) is 1. The average Bonchev–Trinajstić information content (AvgIpc) is 2.84. The van der Waals surface area contributed by atoms with E-state index in [-0.39, 0.29) is 23.1 Å². The van der Waals surface area contributed by atoms with E-state index in [0.29, 0.717) is 25.5 Å². The van der Waals surface area contributed by atoms with Gasteiger partial charge < -0.3 is 19.4 Å². The summed E-state index contributed by atoms with van der Waals surface area (Å²) in [7, 11) is 4.81. The second-order valence-electron chi connectivity index (χ2n) is 8.51. The molecular weight excluding hydrogens is 410 g/mol. The van der Waals surface area contributed by atoms with Gasteiger partial charge in [-0.1, -0.05) is 12.1 Å². The molecule has 3 heterocycles. The second kappa shape index (κ2) is 9.10. The molecule has 2 aromatic rings. The normalized spacial score (nSPS) is 19.2. The number of benzene rings is 1. The maximum absolute atomic E-state index is 13.3. The number of carbonyl (C=O) groups is 1. The number of nitrogens with zero attached hydrogens (tertiary/aromatic N) is 5. The summed E-state index contributed by atoms with van der Waals surface area (Å²) in [5.41, 5.74) is 0.370. The number of anilines is 2. The van der Waals surface area contributed by atoms with Crippen LogP contribution in [0.2, 0.25) is 0 Å². The highest BCUT2D eigenvalue weighted by Gasteiger charge is 2.32. The molecule has 0 spiro atoms. The van der Waals surface area contributed by atoms with Crippen molar-refractivity contribution in [2.45, 2.75) is 12.8 Å². The highest BCUT2D eigenvalue weighted by molar-refractivity contribution is 5.80. The molecule has 9 nitrogen and oxygen atoms in total. The summed E-state index contributed by atoms with van der Waals surface area (Å²) in [5, 5.41) is 0. The summed E-state index contributed by atoms with van der Waals surface area (Å²) in [5.74, 6) is 1.44. The lowest BCUT2D eigenvalue weighted by Crippen LogP contribution is -2.53. The number of piperidine rings is 1. The van der Waals surface area contributed by atoms with Crippen molar-refractivity contribution in [1.82, 2.24) is 14.0 Å². The SMILES string of the molecule is COc1ccccc1N1CCN(C(=O)[C@@H]2CCCN(c3cc(=O)n(C)c(=O)n3C)C2)CC1. The van der Waals surface area contributed by atoms with Crippen LogP contribution in [-0.4, -0.2) is 66.3 Å². The van der Waals surface area contributed by atoms with Crippen LogP contribution in [0.15, 0.2) is 39.9 Å². The molecule has 2 saturated heterocycles. The molecule has 0 bridgehead atoms. The van der Waals surface area contributed by atoms with E-state index in [2.05, 4.69) is 4.90 Å². The lowest BCUT2D eigenvalue weighted by atomic mass is 9.96. The Kier molecular flexibility index (Phi) is 6.25. The zero-order valence-corrected chi connectivity index (χ0v) is 19.0. The van der Waals surface area contributed by atoms with Crippen LogP contribution in [0.4, 0.5) is 11.5 Å². The van der Waals surface area contributed by atoms with Gasteiger partial charge in [0.05, 0.1) is 18.7 Å². The fourth-order valence-electron chi connectivity index (χ4n) is 4.73. The molecule has 0 unspecified atom stereocenters. The van der Waals surface area contributed by atoms with Crippen molar-refractivity contribution in [2.24, 2.45) is 20.0 Å². The Morgan fingerprint density at radius 3 is 2.41 bits per heavy atom. The van der Waals surface area contributed by atoms with E-state index in [9.17, 15) is 14.4 Å². The number of carbonyl (C=O) groups excluding carboxylic acids is 1. The second-order valence-corrected chi connectivity index (χ2v) is 8.51. The van der Waals surface area contributed by atoms with Gasteiger partial charge in [-0.2, -0.15) is 0 Å². The molecule has 172 valence electrons. The fourth-order valence-corrected chi connectivity index (χ4v) is 4.73. The molecule has 0 aliphatic carbocycles. The maximum atomic E-state index is 13.3. The molecule has 1 atom stereocenters. The first-order valence-corrected chi connectivity index (χ1v) is 11.1. The van der Waals surface area contributed by atoms with Crippen molar-refractivity contribution in [3.63, 3.8) is 0 Å². The van der Waals surface area contributed by atoms with Gasteiger partial charge in [-0.25, -0.2) is 4.79 Å². The van der Waals surface area contributed by atoms with Gasteiger partial charge in [-0.15, -0.1) is 0 Å². The summed E-state index contributed by atoms with van der Waals surface area (Å²) in [4.78, 5) is 44.0. The molecule has 4 rings (SSSR count). The fraction of sp³-hybridized carbons (Fsp3) is 0.522. The third-order valence-electron chi connectivity index (χ3n) is 6.61. The summed E-state index contributed by atoms with van der Waals surface area (Å²) >= 11 is 0. The largest absolute Gasteiger partial charge is 0.495 e. The van der Waals surface area contributed by atoms with Crippen LogP contribution in [0.1, 0.15) is 12.8 Å². The Balaban J connectivity index is 1.42. The third-order valence-corrected chi connectivity index (χ3v) is 6.61.